The zero-order valence-corrected chi connectivity index (χ0v) is 15.7. The number of guanidine groups is 1. The molecule has 4 N–H and O–H groups in total. The van der Waals surface area contributed by atoms with E-state index in [4.69, 9.17) is 5.11 Å². The molecule has 0 spiro atoms. The highest BCUT2D eigenvalue weighted by molar-refractivity contribution is 5.94. The van der Waals surface area contributed by atoms with Gasteiger partial charge in [0.15, 0.2) is 5.96 Å². The molecule has 0 aliphatic carbocycles. The molecule has 0 aromatic heterocycles. The van der Waals surface area contributed by atoms with E-state index < -0.39 is 17.7 Å². The molecule has 3 rings (SSSR count). The Morgan fingerprint density at radius 2 is 2.11 bits per heavy atom. The minimum Gasteiger partial charge on any atom is -0.481 e. The second-order valence-corrected chi connectivity index (χ2v) is 6.98. The number of carbonyl (C=O) groups excluding carboxylic acids is 1. The van der Waals surface area contributed by atoms with E-state index in [1.54, 1.807) is 12.1 Å². The summed E-state index contributed by atoms with van der Waals surface area (Å²) in [7, 11) is 0. The Labute approximate surface area is 163 Å². The Morgan fingerprint density at radius 1 is 1.32 bits per heavy atom. The molecule has 1 aromatic rings. The van der Waals surface area contributed by atoms with Crippen LogP contribution in [0.1, 0.15) is 36.0 Å². The van der Waals surface area contributed by atoms with Gasteiger partial charge < -0.3 is 26.0 Å². The van der Waals surface area contributed by atoms with Crippen molar-refractivity contribution >= 4 is 23.5 Å². The second kappa shape index (κ2) is 9.38. The highest BCUT2D eigenvalue weighted by Gasteiger charge is 2.23. The summed E-state index contributed by atoms with van der Waals surface area (Å²) in [5, 5.41) is 17.7. The summed E-state index contributed by atoms with van der Waals surface area (Å²) in [6, 6.07) is 4.70. The zero-order valence-electron chi connectivity index (χ0n) is 15.7. The predicted molar refractivity (Wildman–Crippen MR) is 104 cm³/mol. The van der Waals surface area contributed by atoms with E-state index in [9.17, 15) is 14.0 Å². The van der Waals surface area contributed by atoms with Gasteiger partial charge in [-0.2, -0.15) is 0 Å². The summed E-state index contributed by atoms with van der Waals surface area (Å²) < 4.78 is 14.6. The molecule has 9 heteroatoms. The second-order valence-electron chi connectivity index (χ2n) is 6.98. The van der Waals surface area contributed by atoms with Crippen molar-refractivity contribution in [2.24, 2.45) is 4.99 Å². The van der Waals surface area contributed by atoms with Crippen molar-refractivity contribution in [1.29, 1.82) is 0 Å². The first-order valence-corrected chi connectivity index (χ1v) is 9.62. The van der Waals surface area contributed by atoms with Crippen LogP contribution in [0.5, 0.6) is 0 Å². The van der Waals surface area contributed by atoms with Crippen molar-refractivity contribution in [3.8, 4) is 0 Å². The molecule has 1 fully saturated rings. The lowest BCUT2D eigenvalue weighted by Gasteiger charge is -2.35. The summed E-state index contributed by atoms with van der Waals surface area (Å²) in [6.07, 6.45) is 2.63. The van der Waals surface area contributed by atoms with E-state index in [-0.39, 0.29) is 18.5 Å². The summed E-state index contributed by atoms with van der Waals surface area (Å²) in [4.78, 5) is 28.9. The molecule has 0 unspecified atom stereocenters. The molecule has 1 saturated heterocycles. The van der Waals surface area contributed by atoms with Gasteiger partial charge in [-0.3, -0.25) is 14.6 Å². The van der Waals surface area contributed by atoms with E-state index in [2.05, 4.69) is 20.9 Å². The molecule has 0 atom stereocenters. The number of halogens is 1. The van der Waals surface area contributed by atoms with E-state index >= 15 is 0 Å². The third-order valence-electron chi connectivity index (χ3n) is 4.91. The normalized spacial score (nSPS) is 17.5. The van der Waals surface area contributed by atoms with Gasteiger partial charge in [-0.15, -0.1) is 0 Å². The quantitative estimate of drug-likeness (QED) is 0.575. The number of nitrogens with one attached hydrogen (secondary N) is 3. The van der Waals surface area contributed by atoms with Gasteiger partial charge in [0.05, 0.1) is 12.1 Å². The standard InChI is InChI=1S/C19H26FN5O3/c20-15-12-13(18(28)21-9-4-17(26)27)2-3-16(15)25-10-5-14(6-11-25)24-19-22-7-1-8-23-19/h2-3,12,14H,1,4-11H2,(H,21,28)(H,26,27)(H2,22,23,24). The van der Waals surface area contributed by atoms with E-state index in [1.165, 1.54) is 6.07 Å². The highest BCUT2D eigenvalue weighted by atomic mass is 19.1. The SMILES string of the molecule is O=C(O)CCNC(=O)c1ccc(N2CCC(NC3=NCCCN3)CC2)c(F)c1. The van der Waals surface area contributed by atoms with Crippen LogP contribution in [-0.2, 0) is 4.79 Å². The first-order chi connectivity index (χ1) is 13.5. The Balaban J connectivity index is 1.52. The number of nitrogens with zero attached hydrogens (tertiary/aromatic N) is 2. The van der Waals surface area contributed by atoms with Crippen LogP contribution in [0.15, 0.2) is 23.2 Å². The van der Waals surface area contributed by atoms with Crippen LogP contribution in [0, 0.1) is 5.82 Å². The maximum Gasteiger partial charge on any atom is 0.305 e. The monoisotopic (exact) mass is 391 g/mol. The molecule has 8 nitrogen and oxygen atoms in total. The lowest BCUT2D eigenvalue weighted by atomic mass is 10.0. The maximum absolute atomic E-state index is 14.6. The number of carboxylic acids is 1. The Hall–Kier alpha value is -2.84. The van der Waals surface area contributed by atoms with Crippen LogP contribution in [0.25, 0.3) is 0 Å². The molecule has 152 valence electrons. The number of aliphatic carboxylic acids is 1. The summed E-state index contributed by atoms with van der Waals surface area (Å²) in [6.45, 7) is 3.22. The molecule has 2 aliphatic rings. The smallest absolute Gasteiger partial charge is 0.305 e. The number of aliphatic imine (C=N–C) groups is 1. The maximum atomic E-state index is 14.6. The van der Waals surface area contributed by atoms with Crippen molar-refractivity contribution in [1.82, 2.24) is 16.0 Å². The van der Waals surface area contributed by atoms with Gasteiger partial charge in [0.1, 0.15) is 5.82 Å². The number of rotatable bonds is 6. The molecule has 0 bridgehead atoms. The van der Waals surface area contributed by atoms with Crippen LogP contribution in [0.4, 0.5) is 10.1 Å². The van der Waals surface area contributed by atoms with E-state index in [0.717, 1.165) is 38.3 Å². The van der Waals surface area contributed by atoms with E-state index in [1.807, 2.05) is 4.90 Å². The Morgan fingerprint density at radius 3 is 2.75 bits per heavy atom. The van der Waals surface area contributed by atoms with Crippen LogP contribution in [0.2, 0.25) is 0 Å². The predicted octanol–water partition coefficient (Wildman–Crippen LogP) is 0.938. The van der Waals surface area contributed by atoms with Crippen molar-refractivity contribution in [2.45, 2.75) is 31.7 Å². The fourth-order valence-corrected chi connectivity index (χ4v) is 3.38. The molecule has 28 heavy (non-hydrogen) atoms. The summed E-state index contributed by atoms with van der Waals surface area (Å²) in [5.41, 5.74) is 0.665. The lowest BCUT2D eigenvalue weighted by molar-refractivity contribution is -0.136. The van der Waals surface area contributed by atoms with Crippen molar-refractivity contribution in [3.63, 3.8) is 0 Å². The Bertz CT molecular complexity index is 747. The lowest BCUT2D eigenvalue weighted by Crippen LogP contribution is -2.50. The number of hydrogen-bond donors (Lipinski definition) is 4. The van der Waals surface area contributed by atoms with Crippen molar-refractivity contribution in [2.75, 3.05) is 37.6 Å². The van der Waals surface area contributed by atoms with Gasteiger partial charge >= 0.3 is 5.97 Å². The molecular weight excluding hydrogens is 365 g/mol. The third kappa shape index (κ3) is 5.34. The summed E-state index contributed by atoms with van der Waals surface area (Å²) >= 11 is 0. The zero-order chi connectivity index (χ0) is 19.9. The van der Waals surface area contributed by atoms with Crippen LogP contribution < -0.4 is 20.9 Å². The average Bonchev–Trinajstić information content (AvgIpc) is 2.69. The molecular formula is C19H26FN5O3. The van der Waals surface area contributed by atoms with Crippen molar-refractivity contribution in [3.05, 3.63) is 29.6 Å². The molecule has 1 aromatic carbocycles. The largest absolute Gasteiger partial charge is 0.481 e. The average molecular weight is 391 g/mol. The number of benzene rings is 1. The number of piperidine rings is 1. The molecule has 2 heterocycles. The number of hydrogen-bond acceptors (Lipinski definition) is 6. The first kappa shape index (κ1) is 19.9. The van der Waals surface area contributed by atoms with E-state index in [0.29, 0.717) is 24.8 Å². The summed E-state index contributed by atoms with van der Waals surface area (Å²) in [5.74, 6) is -1.06. The van der Waals surface area contributed by atoms with Gasteiger partial charge in [0.25, 0.3) is 5.91 Å². The minimum atomic E-state index is -0.994. The van der Waals surface area contributed by atoms with Gasteiger partial charge in [-0.05, 0) is 37.5 Å². The van der Waals surface area contributed by atoms with Crippen molar-refractivity contribution < 1.29 is 19.1 Å². The fourth-order valence-electron chi connectivity index (χ4n) is 3.38. The van der Waals surface area contributed by atoms with Gasteiger partial charge in [-0.1, -0.05) is 0 Å². The number of carbonyl (C=O) groups is 2. The highest BCUT2D eigenvalue weighted by Crippen LogP contribution is 2.24. The Kier molecular flexibility index (Phi) is 6.67. The topological polar surface area (TPSA) is 106 Å². The third-order valence-corrected chi connectivity index (χ3v) is 4.91. The molecule has 2 aliphatic heterocycles. The molecule has 0 radical (unpaired) electrons. The fraction of sp³-hybridized carbons (Fsp3) is 0.526. The number of amides is 1. The minimum absolute atomic E-state index is 0.0121. The molecule has 1 amide bonds. The van der Waals surface area contributed by atoms with Gasteiger partial charge in [0, 0.05) is 44.3 Å². The number of carboxylic acid groups (broad SMARTS) is 1. The van der Waals surface area contributed by atoms with Crippen LogP contribution in [-0.4, -0.2) is 61.7 Å². The first-order valence-electron chi connectivity index (χ1n) is 9.62. The van der Waals surface area contributed by atoms with Crippen LogP contribution in [0.3, 0.4) is 0 Å². The van der Waals surface area contributed by atoms with Crippen LogP contribution >= 0.6 is 0 Å². The number of anilines is 1. The molecule has 0 saturated carbocycles. The van der Waals surface area contributed by atoms with Gasteiger partial charge in [0.2, 0.25) is 0 Å². The van der Waals surface area contributed by atoms with Gasteiger partial charge in [-0.25, -0.2) is 4.39 Å².